The van der Waals surface area contributed by atoms with Crippen LogP contribution in [0.3, 0.4) is 0 Å². The minimum Gasteiger partial charge on any atom is -0.351 e. The molecule has 0 unspecified atom stereocenters. The van der Waals surface area contributed by atoms with Crippen molar-refractivity contribution in [3.05, 3.63) is 29.8 Å². The average Bonchev–Trinajstić information content (AvgIpc) is 2.25. The maximum atomic E-state index is 11.2. The summed E-state index contributed by atoms with van der Waals surface area (Å²) in [5.74, 6) is -0.0166. The molecule has 0 saturated carbocycles. The van der Waals surface area contributed by atoms with Crippen molar-refractivity contribution in [2.75, 3.05) is 12.0 Å². The first kappa shape index (κ1) is 13.1. The summed E-state index contributed by atoms with van der Waals surface area (Å²) in [6, 6.07) is 6.40. The minimum atomic E-state index is -3.16. The van der Waals surface area contributed by atoms with Crippen molar-refractivity contribution in [3.8, 4) is 0 Å². The molecule has 4 nitrogen and oxygen atoms in total. The van der Waals surface area contributed by atoms with E-state index in [1.54, 1.807) is 12.1 Å². The zero-order valence-corrected chi connectivity index (χ0v) is 10.5. The predicted molar refractivity (Wildman–Crippen MR) is 65.3 cm³/mol. The lowest BCUT2D eigenvalue weighted by atomic mass is 10.2. The maximum Gasteiger partial charge on any atom is 0.229 e. The largest absolute Gasteiger partial charge is 0.351 e. The fraction of sp³-hybridized carbons (Fsp3) is 0.300. The molecule has 0 heterocycles. The molecule has 88 valence electrons. The monoisotopic (exact) mass is 259 g/mol. The first-order valence-corrected chi connectivity index (χ1v) is 7.12. The van der Waals surface area contributed by atoms with Crippen LogP contribution in [-0.4, -0.2) is 26.3 Å². The lowest BCUT2D eigenvalue weighted by Crippen LogP contribution is -2.23. The fourth-order valence-electron chi connectivity index (χ4n) is 1.11. The van der Waals surface area contributed by atoms with Crippen LogP contribution in [0.4, 0.5) is 0 Å². The van der Waals surface area contributed by atoms with E-state index in [2.05, 4.69) is 17.9 Å². The first-order chi connectivity index (χ1) is 7.43. The van der Waals surface area contributed by atoms with E-state index in [0.29, 0.717) is 6.54 Å². The summed E-state index contributed by atoms with van der Waals surface area (Å²) in [6.07, 6.45) is 1.16. The van der Waals surface area contributed by atoms with Gasteiger partial charge in [-0.2, -0.15) is 12.6 Å². The lowest BCUT2D eigenvalue weighted by Gasteiger charge is -2.04. The molecule has 1 rings (SSSR count). The Kier molecular flexibility index (Phi) is 4.37. The number of rotatable bonds is 4. The van der Waals surface area contributed by atoms with Crippen molar-refractivity contribution < 1.29 is 13.2 Å². The molecule has 0 fully saturated rings. The molecular formula is C10H13NO3S2. The number of nitrogens with one attached hydrogen (secondary N) is 1. The number of sulfone groups is 1. The minimum absolute atomic E-state index is 0.140. The van der Waals surface area contributed by atoms with Gasteiger partial charge in [0, 0.05) is 12.8 Å². The Bertz CT molecular complexity index is 465. The summed E-state index contributed by atoms with van der Waals surface area (Å²) in [4.78, 5) is 11.2. The smallest absolute Gasteiger partial charge is 0.229 e. The third kappa shape index (κ3) is 3.86. The van der Waals surface area contributed by atoms with Crippen LogP contribution < -0.4 is 5.32 Å². The number of thiol groups is 1. The number of benzene rings is 1. The van der Waals surface area contributed by atoms with Gasteiger partial charge in [-0.25, -0.2) is 8.42 Å². The van der Waals surface area contributed by atoms with E-state index in [-0.39, 0.29) is 16.6 Å². The van der Waals surface area contributed by atoms with Gasteiger partial charge in [-0.15, -0.1) is 0 Å². The molecule has 0 spiro atoms. The van der Waals surface area contributed by atoms with E-state index >= 15 is 0 Å². The van der Waals surface area contributed by atoms with Gasteiger partial charge in [0.15, 0.2) is 9.84 Å². The Hall–Kier alpha value is -1.01. The molecular weight excluding hydrogens is 246 g/mol. The molecule has 1 N–H and O–H groups in total. The second kappa shape index (κ2) is 5.36. The summed E-state index contributed by atoms with van der Waals surface area (Å²) in [5, 5.41) is 2.64. The van der Waals surface area contributed by atoms with Crippen LogP contribution >= 0.6 is 12.6 Å². The number of hydrogen-bond acceptors (Lipinski definition) is 4. The second-order valence-electron chi connectivity index (χ2n) is 3.35. The molecule has 0 aromatic heterocycles. The highest BCUT2D eigenvalue weighted by molar-refractivity contribution is 7.90. The van der Waals surface area contributed by atoms with Gasteiger partial charge in [0.05, 0.1) is 10.6 Å². The van der Waals surface area contributed by atoms with Crippen LogP contribution in [0.2, 0.25) is 0 Å². The summed E-state index contributed by atoms with van der Waals surface area (Å²) in [7, 11) is -3.16. The summed E-state index contributed by atoms with van der Waals surface area (Å²) in [5.41, 5.74) is 0.850. The molecule has 0 aliphatic heterocycles. The van der Waals surface area contributed by atoms with Gasteiger partial charge in [0.25, 0.3) is 0 Å². The molecule has 1 amide bonds. The summed E-state index contributed by atoms with van der Waals surface area (Å²) < 4.78 is 22.4. The highest BCUT2D eigenvalue weighted by Crippen LogP contribution is 2.09. The van der Waals surface area contributed by atoms with Crippen LogP contribution in [0, 0.1) is 0 Å². The Labute approximate surface area is 100 Å². The normalized spacial score (nSPS) is 11.1. The highest BCUT2D eigenvalue weighted by Gasteiger charge is 2.06. The van der Waals surface area contributed by atoms with Gasteiger partial charge in [-0.05, 0) is 17.7 Å². The van der Waals surface area contributed by atoms with E-state index in [9.17, 15) is 13.2 Å². The number of carbonyl (C=O) groups excluding carboxylic acids is 1. The van der Waals surface area contributed by atoms with Crippen molar-refractivity contribution in [2.24, 2.45) is 0 Å². The van der Waals surface area contributed by atoms with Crippen molar-refractivity contribution >= 4 is 28.4 Å². The third-order valence-corrected chi connectivity index (χ3v) is 3.40. The third-order valence-electron chi connectivity index (χ3n) is 1.98. The lowest BCUT2D eigenvalue weighted by molar-refractivity contribution is -0.118. The van der Waals surface area contributed by atoms with Crippen LogP contribution in [0.5, 0.6) is 0 Å². The van der Waals surface area contributed by atoms with E-state index in [1.165, 1.54) is 12.1 Å². The summed E-state index contributed by atoms with van der Waals surface area (Å²) in [6.45, 7) is 0.378. The molecule has 0 aliphatic rings. The van der Waals surface area contributed by atoms with E-state index < -0.39 is 9.84 Å². The molecule has 1 aromatic carbocycles. The number of carbonyl (C=O) groups is 1. The van der Waals surface area contributed by atoms with E-state index in [0.717, 1.165) is 11.8 Å². The number of hydrogen-bond donors (Lipinski definition) is 2. The van der Waals surface area contributed by atoms with Gasteiger partial charge in [-0.3, -0.25) is 4.79 Å². The molecule has 0 bridgehead atoms. The molecule has 0 aliphatic carbocycles. The van der Waals surface area contributed by atoms with Crippen molar-refractivity contribution in [3.63, 3.8) is 0 Å². The van der Waals surface area contributed by atoms with E-state index in [4.69, 9.17) is 0 Å². The van der Waals surface area contributed by atoms with Crippen LogP contribution in [0.1, 0.15) is 5.56 Å². The van der Waals surface area contributed by atoms with Gasteiger partial charge < -0.3 is 5.32 Å². The molecule has 1 aromatic rings. The summed E-state index contributed by atoms with van der Waals surface area (Å²) >= 11 is 3.82. The van der Waals surface area contributed by atoms with Crippen molar-refractivity contribution in [2.45, 2.75) is 11.4 Å². The van der Waals surface area contributed by atoms with Crippen molar-refractivity contribution in [1.29, 1.82) is 0 Å². The molecule has 0 radical (unpaired) electrons. The Balaban J connectivity index is 2.69. The quantitative estimate of drug-likeness (QED) is 0.780. The predicted octanol–water partition coefficient (Wildman–Crippen LogP) is 0.636. The number of amides is 1. The van der Waals surface area contributed by atoms with Crippen LogP contribution in [-0.2, 0) is 21.2 Å². The standard InChI is InChI=1S/C10H13NO3S2/c1-16(13,14)9-4-2-8(3-5-9)6-11-10(12)7-15/h2-5,15H,6-7H2,1H3,(H,11,12). The Morgan fingerprint density at radius 1 is 1.31 bits per heavy atom. The van der Waals surface area contributed by atoms with Gasteiger partial charge in [0.1, 0.15) is 0 Å². The van der Waals surface area contributed by atoms with Crippen LogP contribution in [0.15, 0.2) is 29.2 Å². The SMILES string of the molecule is CS(=O)(=O)c1ccc(CNC(=O)CS)cc1. The fourth-order valence-corrected chi connectivity index (χ4v) is 1.85. The Morgan fingerprint density at radius 2 is 1.88 bits per heavy atom. The first-order valence-electron chi connectivity index (χ1n) is 4.60. The van der Waals surface area contributed by atoms with Crippen molar-refractivity contribution in [1.82, 2.24) is 5.32 Å². The zero-order valence-electron chi connectivity index (χ0n) is 8.80. The maximum absolute atomic E-state index is 11.2. The molecule has 0 atom stereocenters. The Morgan fingerprint density at radius 3 is 2.31 bits per heavy atom. The molecule has 16 heavy (non-hydrogen) atoms. The van der Waals surface area contributed by atoms with Gasteiger partial charge >= 0.3 is 0 Å². The highest BCUT2D eigenvalue weighted by atomic mass is 32.2. The molecule has 0 saturated heterocycles. The second-order valence-corrected chi connectivity index (χ2v) is 5.68. The van der Waals surface area contributed by atoms with Gasteiger partial charge in [0.2, 0.25) is 5.91 Å². The van der Waals surface area contributed by atoms with Gasteiger partial charge in [-0.1, -0.05) is 12.1 Å². The molecule has 6 heteroatoms. The average molecular weight is 259 g/mol. The zero-order chi connectivity index (χ0) is 12.2. The topological polar surface area (TPSA) is 63.2 Å². The van der Waals surface area contributed by atoms with E-state index in [1.807, 2.05) is 0 Å². The van der Waals surface area contributed by atoms with Crippen LogP contribution in [0.25, 0.3) is 0 Å².